The number of carbonyl (C=O) groups is 1. The third kappa shape index (κ3) is 7.38. The molecule has 1 aromatic heterocycles. The van der Waals surface area contributed by atoms with Gasteiger partial charge in [-0.3, -0.25) is 4.79 Å². The van der Waals surface area contributed by atoms with E-state index in [0.717, 1.165) is 35.4 Å². The van der Waals surface area contributed by atoms with E-state index >= 15 is 0 Å². The lowest BCUT2D eigenvalue weighted by molar-refractivity contribution is 0.0923. The van der Waals surface area contributed by atoms with Gasteiger partial charge < -0.3 is 14.6 Å². The third-order valence-corrected chi connectivity index (χ3v) is 7.51. The molecule has 0 unspecified atom stereocenters. The van der Waals surface area contributed by atoms with Gasteiger partial charge in [0.1, 0.15) is 18.4 Å². The van der Waals surface area contributed by atoms with Gasteiger partial charge in [0.15, 0.2) is 29.1 Å². The Morgan fingerprint density at radius 3 is 1.94 bits per heavy atom. The lowest BCUT2D eigenvalue weighted by Crippen LogP contribution is -2.30. The van der Waals surface area contributed by atoms with Crippen LogP contribution in [0.2, 0.25) is 0 Å². The van der Waals surface area contributed by atoms with Gasteiger partial charge in [0.2, 0.25) is 5.89 Å². The van der Waals surface area contributed by atoms with Gasteiger partial charge in [-0.25, -0.2) is 17.6 Å². The van der Waals surface area contributed by atoms with Crippen LogP contribution < -0.4 is 10.1 Å². The number of halogens is 4. The maximum absolute atomic E-state index is 14.1. The number of nitrogens with one attached hydrogen (secondary N) is 1. The second kappa shape index (κ2) is 13.7. The van der Waals surface area contributed by atoms with Crippen LogP contribution in [0.5, 0.6) is 5.75 Å². The maximum atomic E-state index is 14.1. The Hall–Kier alpha value is -5.77. The zero-order valence-electron chi connectivity index (χ0n) is 25.0. The van der Waals surface area contributed by atoms with Crippen LogP contribution in [-0.4, -0.2) is 16.0 Å². The van der Waals surface area contributed by atoms with Crippen molar-refractivity contribution in [3.05, 3.63) is 161 Å². The standard InChI is InChI=1S/C37H27F4N3O3/c1-22-42-37(47-44-22)34(17-23-7-9-25(10-8-23)27-11-14-30(38)32(40)19-27)43-36(45)29-18-26(28-12-15-31(39)33(41)20-28)13-16-35(29)46-21-24-5-3-2-4-6-24/h2-16,18-20,34H,17,21H2,1H3,(H,43,45)/t34-/m1/s1. The van der Waals surface area contributed by atoms with E-state index in [1.807, 2.05) is 30.3 Å². The largest absolute Gasteiger partial charge is 0.488 e. The summed E-state index contributed by atoms with van der Waals surface area (Å²) in [6, 6.07) is 27.8. The first-order valence-electron chi connectivity index (χ1n) is 14.6. The number of aromatic nitrogens is 2. The van der Waals surface area contributed by atoms with Crippen LogP contribution in [0, 0.1) is 30.2 Å². The SMILES string of the molecule is Cc1noc([C@@H](Cc2ccc(-c3ccc(F)c(F)c3)cc2)NC(=O)c2cc(-c3ccc(F)c(F)c3)ccc2OCc2ccccc2)n1. The Bertz CT molecular complexity index is 2030. The topological polar surface area (TPSA) is 77.2 Å². The smallest absolute Gasteiger partial charge is 0.255 e. The Balaban J connectivity index is 1.30. The van der Waals surface area contributed by atoms with Gasteiger partial charge in [0, 0.05) is 6.42 Å². The number of aryl methyl sites for hydroxylation is 1. The van der Waals surface area contributed by atoms with Gasteiger partial charge in [0.25, 0.3) is 5.91 Å². The van der Waals surface area contributed by atoms with Gasteiger partial charge in [0.05, 0.1) is 5.56 Å². The number of hydrogen-bond donors (Lipinski definition) is 1. The minimum Gasteiger partial charge on any atom is -0.488 e. The minimum atomic E-state index is -1.01. The highest BCUT2D eigenvalue weighted by atomic mass is 19.2. The molecule has 6 rings (SSSR count). The highest BCUT2D eigenvalue weighted by molar-refractivity contribution is 5.98. The zero-order valence-corrected chi connectivity index (χ0v) is 25.0. The van der Waals surface area contributed by atoms with E-state index in [9.17, 15) is 22.4 Å². The van der Waals surface area contributed by atoms with Crippen molar-refractivity contribution in [3.63, 3.8) is 0 Å². The predicted octanol–water partition coefficient (Wildman–Crippen LogP) is 8.56. The van der Waals surface area contributed by atoms with Crippen molar-refractivity contribution in [2.45, 2.75) is 26.0 Å². The number of carbonyl (C=O) groups excluding carboxylic acids is 1. The van der Waals surface area contributed by atoms with Crippen LogP contribution in [0.15, 0.2) is 114 Å². The second-order valence-corrected chi connectivity index (χ2v) is 10.8. The van der Waals surface area contributed by atoms with Gasteiger partial charge in [-0.05, 0) is 76.7 Å². The van der Waals surface area contributed by atoms with Crippen LogP contribution in [0.1, 0.15) is 39.2 Å². The molecule has 0 fully saturated rings. The van der Waals surface area contributed by atoms with Crippen molar-refractivity contribution < 1.29 is 31.6 Å². The monoisotopic (exact) mass is 637 g/mol. The summed E-state index contributed by atoms with van der Waals surface area (Å²) >= 11 is 0. The molecule has 0 radical (unpaired) electrons. The van der Waals surface area contributed by atoms with Crippen molar-refractivity contribution in [1.29, 1.82) is 0 Å². The minimum absolute atomic E-state index is 0.151. The molecule has 0 saturated carbocycles. The zero-order chi connectivity index (χ0) is 32.9. The number of benzene rings is 5. The van der Waals surface area contributed by atoms with Gasteiger partial charge in [-0.1, -0.05) is 78.0 Å². The molecule has 236 valence electrons. The summed E-state index contributed by atoms with van der Waals surface area (Å²) in [4.78, 5) is 18.3. The van der Waals surface area contributed by atoms with Crippen LogP contribution >= 0.6 is 0 Å². The molecule has 0 aliphatic rings. The third-order valence-electron chi connectivity index (χ3n) is 7.51. The van der Waals surface area contributed by atoms with Crippen molar-refractivity contribution in [1.82, 2.24) is 15.5 Å². The molecule has 47 heavy (non-hydrogen) atoms. The van der Waals surface area contributed by atoms with E-state index in [0.29, 0.717) is 28.1 Å². The fourth-order valence-electron chi connectivity index (χ4n) is 5.06. The van der Waals surface area contributed by atoms with E-state index in [2.05, 4.69) is 15.5 Å². The highest BCUT2D eigenvalue weighted by Gasteiger charge is 2.24. The van der Waals surface area contributed by atoms with Crippen molar-refractivity contribution >= 4 is 5.91 Å². The van der Waals surface area contributed by atoms with E-state index in [-0.39, 0.29) is 30.2 Å². The summed E-state index contributed by atoms with van der Waals surface area (Å²) < 4.78 is 66.5. The molecule has 0 aliphatic carbocycles. The Labute approximate surface area is 267 Å². The maximum Gasteiger partial charge on any atom is 0.255 e. The van der Waals surface area contributed by atoms with Crippen molar-refractivity contribution in [2.75, 3.05) is 0 Å². The van der Waals surface area contributed by atoms with E-state index in [1.54, 1.807) is 49.4 Å². The molecule has 0 bridgehead atoms. The molecule has 0 saturated heterocycles. The molecule has 0 spiro atoms. The summed E-state index contributed by atoms with van der Waals surface area (Å²) in [6.07, 6.45) is 0.245. The Kier molecular flexibility index (Phi) is 9.10. The average molecular weight is 638 g/mol. The summed E-state index contributed by atoms with van der Waals surface area (Å²) in [5.74, 6) is -3.58. The lowest BCUT2D eigenvalue weighted by Gasteiger charge is -2.18. The molecule has 10 heteroatoms. The summed E-state index contributed by atoms with van der Waals surface area (Å²) in [5.41, 5.74) is 3.85. The molecule has 1 heterocycles. The van der Waals surface area contributed by atoms with Crippen molar-refractivity contribution in [2.24, 2.45) is 0 Å². The second-order valence-electron chi connectivity index (χ2n) is 10.8. The van der Waals surface area contributed by atoms with Crippen LogP contribution in [0.25, 0.3) is 22.3 Å². The molecule has 6 aromatic rings. The molecule has 0 aliphatic heterocycles. The predicted molar refractivity (Wildman–Crippen MR) is 167 cm³/mol. The Morgan fingerprint density at radius 1 is 0.723 bits per heavy atom. The number of amides is 1. The highest BCUT2D eigenvalue weighted by Crippen LogP contribution is 2.30. The van der Waals surface area contributed by atoms with Crippen molar-refractivity contribution in [3.8, 4) is 28.0 Å². The van der Waals surface area contributed by atoms with Gasteiger partial charge in [-0.15, -0.1) is 0 Å². The van der Waals surface area contributed by atoms with E-state index < -0.39 is 35.2 Å². The molecule has 1 amide bonds. The lowest BCUT2D eigenvalue weighted by atomic mass is 9.99. The first-order valence-corrected chi connectivity index (χ1v) is 14.6. The van der Waals surface area contributed by atoms with Crippen LogP contribution in [0.4, 0.5) is 17.6 Å². The first kappa shape index (κ1) is 31.2. The Morgan fingerprint density at radius 2 is 1.32 bits per heavy atom. The molecule has 1 atom stereocenters. The molecular weight excluding hydrogens is 610 g/mol. The normalized spacial score (nSPS) is 11.7. The fraction of sp³-hybridized carbons (Fsp3) is 0.108. The van der Waals surface area contributed by atoms with Crippen LogP contribution in [0.3, 0.4) is 0 Å². The molecule has 1 N–H and O–H groups in total. The fourth-order valence-corrected chi connectivity index (χ4v) is 5.06. The summed E-state index contributed by atoms with van der Waals surface area (Å²) in [5, 5.41) is 6.85. The van der Waals surface area contributed by atoms with E-state index in [4.69, 9.17) is 9.26 Å². The quantitative estimate of drug-likeness (QED) is 0.152. The number of hydrogen-bond acceptors (Lipinski definition) is 5. The number of nitrogens with zero attached hydrogens (tertiary/aromatic N) is 2. The van der Waals surface area contributed by atoms with Gasteiger partial charge >= 0.3 is 0 Å². The number of rotatable bonds is 10. The number of ether oxygens (including phenoxy) is 1. The molecular formula is C37H27F4N3O3. The summed E-state index contributed by atoms with van der Waals surface area (Å²) in [6.45, 7) is 1.84. The van der Waals surface area contributed by atoms with E-state index in [1.165, 1.54) is 12.1 Å². The molecule has 5 aromatic carbocycles. The molecule has 6 nitrogen and oxygen atoms in total. The average Bonchev–Trinajstić information content (AvgIpc) is 3.53. The summed E-state index contributed by atoms with van der Waals surface area (Å²) in [7, 11) is 0. The van der Waals surface area contributed by atoms with Gasteiger partial charge in [-0.2, -0.15) is 4.98 Å². The first-order chi connectivity index (χ1) is 22.7. The van der Waals surface area contributed by atoms with Crippen LogP contribution in [-0.2, 0) is 13.0 Å².